The summed E-state index contributed by atoms with van der Waals surface area (Å²) in [5.41, 5.74) is 0. The van der Waals surface area contributed by atoms with Crippen molar-refractivity contribution in [1.82, 2.24) is 5.32 Å². The predicted molar refractivity (Wildman–Crippen MR) is 90.7 cm³/mol. The minimum atomic E-state index is 0.450. The number of fused-ring (bicyclic) bond motifs is 1. The Morgan fingerprint density at radius 2 is 2.30 bits per heavy atom. The van der Waals surface area contributed by atoms with Crippen molar-refractivity contribution in [3.05, 3.63) is 22.4 Å². The normalized spacial score (nSPS) is 27.6. The first kappa shape index (κ1) is 14.5. The summed E-state index contributed by atoms with van der Waals surface area (Å²) >= 11 is 3.80. The number of amidine groups is 1. The van der Waals surface area contributed by atoms with E-state index < -0.39 is 0 Å². The molecular formula is C16H24N2S2. The summed E-state index contributed by atoms with van der Waals surface area (Å²) in [7, 11) is 0. The van der Waals surface area contributed by atoms with Gasteiger partial charge in [-0.1, -0.05) is 44.0 Å². The molecule has 20 heavy (non-hydrogen) atoms. The number of rotatable bonds is 4. The van der Waals surface area contributed by atoms with Crippen LogP contribution in [-0.4, -0.2) is 17.0 Å². The lowest BCUT2D eigenvalue weighted by atomic mass is 9.86. The zero-order valence-electron chi connectivity index (χ0n) is 12.2. The van der Waals surface area contributed by atoms with Crippen molar-refractivity contribution in [2.45, 2.75) is 57.5 Å². The molecule has 0 aromatic carbocycles. The van der Waals surface area contributed by atoms with Crippen LogP contribution in [0.4, 0.5) is 0 Å². The van der Waals surface area contributed by atoms with Gasteiger partial charge in [-0.05, 0) is 36.6 Å². The molecule has 0 saturated heterocycles. The number of hydrogen-bond donors (Lipinski definition) is 1. The fourth-order valence-corrected chi connectivity index (χ4v) is 5.23. The van der Waals surface area contributed by atoms with Gasteiger partial charge < -0.3 is 5.32 Å². The molecule has 0 amide bonds. The Bertz CT molecular complexity index is 441. The van der Waals surface area contributed by atoms with Crippen molar-refractivity contribution in [2.75, 3.05) is 5.75 Å². The fourth-order valence-electron chi connectivity index (χ4n) is 3.22. The SMILES string of the molecule is CCCC(NC1=NC2CCCCC2CS1)c1cccs1. The molecule has 0 spiro atoms. The van der Waals surface area contributed by atoms with E-state index in [9.17, 15) is 0 Å². The first-order valence-corrected chi connectivity index (χ1v) is 9.74. The molecule has 1 aliphatic heterocycles. The topological polar surface area (TPSA) is 24.4 Å². The summed E-state index contributed by atoms with van der Waals surface area (Å²) in [6, 6.07) is 5.44. The van der Waals surface area contributed by atoms with Gasteiger partial charge in [0.1, 0.15) is 0 Å². The zero-order valence-corrected chi connectivity index (χ0v) is 13.8. The summed E-state index contributed by atoms with van der Waals surface area (Å²) in [4.78, 5) is 6.45. The second-order valence-electron chi connectivity index (χ2n) is 5.86. The molecule has 1 aromatic heterocycles. The van der Waals surface area contributed by atoms with Crippen molar-refractivity contribution in [3.63, 3.8) is 0 Å². The van der Waals surface area contributed by atoms with Crippen LogP contribution < -0.4 is 5.32 Å². The Hall–Kier alpha value is -0.480. The molecule has 1 aliphatic carbocycles. The summed E-state index contributed by atoms with van der Waals surface area (Å²) in [6.45, 7) is 2.26. The molecule has 0 bridgehead atoms. The molecule has 110 valence electrons. The molecule has 1 saturated carbocycles. The molecule has 3 unspecified atom stereocenters. The number of thiophene rings is 1. The van der Waals surface area contributed by atoms with Crippen molar-refractivity contribution >= 4 is 28.3 Å². The lowest BCUT2D eigenvalue weighted by molar-refractivity contribution is 0.335. The second kappa shape index (κ2) is 6.99. The van der Waals surface area contributed by atoms with Gasteiger partial charge in [0.25, 0.3) is 0 Å². The third-order valence-electron chi connectivity index (χ3n) is 4.35. The van der Waals surface area contributed by atoms with Crippen LogP contribution in [0.5, 0.6) is 0 Å². The molecule has 2 nitrogen and oxygen atoms in total. The van der Waals surface area contributed by atoms with Crippen molar-refractivity contribution in [2.24, 2.45) is 10.9 Å². The van der Waals surface area contributed by atoms with E-state index >= 15 is 0 Å². The van der Waals surface area contributed by atoms with Gasteiger partial charge in [-0.25, -0.2) is 0 Å². The van der Waals surface area contributed by atoms with E-state index in [4.69, 9.17) is 4.99 Å². The Labute approximate surface area is 130 Å². The molecule has 3 atom stereocenters. The molecule has 1 fully saturated rings. The number of nitrogens with zero attached hydrogens (tertiary/aromatic N) is 1. The third kappa shape index (κ3) is 3.40. The van der Waals surface area contributed by atoms with Gasteiger partial charge in [0.2, 0.25) is 0 Å². The van der Waals surface area contributed by atoms with E-state index in [1.807, 2.05) is 23.1 Å². The smallest absolute Gasteiger partial charge is 0.157 e. The predicted octanol–water partition coefficient (Wildman–Crippen LogP) is 4.84. The van der Waals surface area contributed by atoms with Gasteiger partial charge in [0.15, 0.2) is 5.17 Å². The number of thioether (sulfide) groups is 1. The Kier molecular flexibility index (Phi) is 5.05. The minimum Gasteiger partial charge on any atom is -0.357 e. The average molecular weight is 309 g/mol. The summed E-state index contributed by atoms with van der Waals surface area (Å²) in [5.74, 6) is 2.10. The number of hydrogen-bond acceptors (Lipinski definition) is 4. The van der Waals surface area contributed by atoms with E-state index in [-0.39, 0.29) is 0 Å². The van der Waals surface area contributed by atoms with Crippen LogP contribution in [0, 0.1) is 5.92 Å². The second-order valence-corrected chi connectivity index (χ2v) is 7.85. The Morgan fingerprint density at radius 1 is 1.40 bits per heavy atom. The average Bonchev–Trinajstić information content (AvgIpc) is 3.01. The number of aliphatic imine (C=N–C) groups is 1. The highest BCUT2D eigenvalue weighted by Crippen LogP contribution is 2.34. The zero-order chi connectivity index (χ0) is 13.8. The standard InChI is InChI=1S/C16H24N2S2/c1-2-6-14(15-9-5-10-19-15)18-16-17-13-8-4-3-7-12(13)11-20-16/h5,9-10,12-14H,2-4,6-8,11H2,1H3,(H,17,18). The van der Waals surface area contributed by atoms with Gasteiger partial charge in [0, 0.05) is 10.6 Å². The molecule has 2 aliphatic rings. The Morgan fingerprint density at radius 3 is 3.10 bits per heavy atom. The van der Waals surface area contributed by atoms with E-state index in [1.165, 1.54) is 54.3 Å². The molecule has 3 rings (SSSR count). The Balaban J connectivity index is 1.67. The van der Waals surface area contributed by atoms with Gasteiger partial charge in [-0.2, -0.15) is 0 Å². The lowest BCUT2D eigenvalue weighted by Gasteiger charge is -2.33. The van der Waals surface area contributed by atoms with Gasteiger partial charge in [-0.3, -0.25) is 4.99 Å². The van der Waals surface area contributed by atoms with Crippen molar-refractivity contribution in [1.29, 1.82) is 0 Å². The molecule has 1 aromatic rings. The maximum absolute atomic E-state index is 5.01. The van der Waals surface area contributed by atoms with E-state index in [0.717, 1.165) is 5.92 Å². The van der Waals surface area contributed by atoms with E-state index in [0.29, 0.717) is 12.1 Å². The quantitative estimate of drug-likeness (QED) is 0.860. The molecule has 1 N–H and O–H groups in total. The van der Waals surface area contributed by atoms with Crippen LogP contribution in [0.15, 0.2) is 22.5 Å². The summed E-state index contributed by atoms with van der Waals surface area (Å²) in [6.07, 6.45) is 7.86. The highest BCUT2D eigenvalue weighted by molar-refractivity contribution is 8.13. The number of nitrogens with one attached hydrogen (secondary N) is 1. The van der Waals surface area contributed by atoms with Crippen molar-refractivity contribution < 1.29 is 0 Å². The van der Waals surface area contributed by atoms with Crippen LogP contribution in [0.25, 0.3) is 0 Å². The monoisotopic (exact) mass is 308 g/mol. The highest BCUT2D eigenvalue weighted by Gasteiger charge is 2.29. The maximum atomic E-state index is 5.01. The molecule has 4 heteroatoms. The molecular weight excluding hydrogens is 284 g/mol. The van der Waals surface area contributed by atoms with E-state index in [2.05, 4.69) is 29.8 Å². The van der Waals surface area contributed by atoms with Crippen LogP contribution in [0.2, 0.25) is 0 Å². The van der Waals surface area contributed by atoms with Gasteiger partial charge in [0.05, 0.1) is 12.1 Å². The third-order valence-corrected chi connectivity index (χ3v) is 6.43. The molecule has 2 heterocycles. The van der Waals surface area contributed by atoms with Gasteiger partial charge in [-0.15, -0.1) is 11.3 Å². The summed E-state index contributed by atoms with van der Waals surface area (Å²) in [5, 5.41) is 7.08. The van der Waals surface area contributed by atoms with E-state index in [1.54, 1.807) is 0 Å². The van der Waals surface area contributed by atoms with Crippen LogP contribution in [-0.2, 0) is 0 Å². The van der Waals surface area contributed by atoms with Crippen LogP contribution in [0.1, 0.15) is 56.4 Å². The first-order chi connectivity index (χ1) is 9.86. The minimum absolute atomic E-state index is 0.450. The first-order valence-electron chi connectivity index (χ1n) is 7.87. The lowest BCUT2D eigenvalue weighted by Crippen LogP contribution is -2.35. The fraction of sp³-hybridized carbons (Fsp3) is 0.688. The molecule has 0 radical (unpaired) electrons. The largest absolute Gasteiger partial charge is 0.357 e. The summed E-state index contributed by atoms with van der Waals surface area (Å²) < 4.78 is 0. The maximum Gasteiger partial charge on any atom is 0.157 e. The van der Waals surface area contributed by atoms with Crippen LogP contribution >= 0.6 is 23.1 Å². The van der Waals surface area contributed by atoms with Gasteiger partial charge >= 0.3 is 0 Å². The van der Waals surface area contributed by atoms with Crippen molar-refractivity contribution in [3.8, 4) is 0 Å². The van der Waals surface area contributed by atoms with Crippen LogP contribution in [0.3, 0.4) is 0 Å². The highest BCUT2D eigenvalue weighted by atomic mass is 32.2.